The summed E-state index contributed by atoms with van der Waals surface area (Å²) in [5.41, 5.74) is 1.41. The highest BCUT2D eigenvalue weighted by Crippen LogP contribution is 2.15. The van der Waals surface area contributed by atoms with E-state index in [0.29, 0.717) is 12.1 Å². The van der Waals surface area contributed by atoms with E-state index in [9.17, 15) is 4.39 Å². The molecule has 0 spiro atoms. The quantitative estimate of drug-likeness (QED) is 0.852. The minimum absolute atomic E-state index is 0.194. The first-order chi connectivity index (χ1) is 7.65. The van der Waals surface area contributed by atoms with Crippen molar-refractivity contribution in [2.24, 2.45) is 0 Å². The third-order valence-electron chi connectivity index (χ3n) is 2.43. The van der Waals surface area contributed by atoms with Gasteiger partial charge in [0.05, 0.1) is 6.54 Å². The molecule has 0 unspecified atom stereocenters. The van der Waals surface area contributed by atoms with Gasteiger partial charge in [0, 0.05) is 5.69 Å². The van der Waals surface area contributed by atoms with E-state index in [2.05, 4.69) is 5.32 Å². The van der Waals surface area contributed by atoms with Crippen molar-refractivity contribution in [2.45, 2.75) is 20.4 Å². The molecule has 16 heavy (non-hydrogen) atoms. The van der Waals surface area contributed by atoms with Gasteiger partial charge in [0.25, 0.3) is 0 Å². The first-order valence-electron chi connectivity index (χ1n) is 5.20. The highest BCUT2D eigenvalue weighted by atomic mass is 19.1. The molecule has 0 radical (unpaired) electrons. The summed E-state index contributed by atoms with van der Waals surface area (Å²) in [6, 6.07) is 8.92. The lowest BCUT2D eigenvalue weighted by Gasteiger charge is -2.05. The third-order valence-corrected chi connectivity index (χ3v) is 2.43. The monoisotopic (exact) mass is 219 g/mol. The van der Waals surface area contributed by atoms with Crippen molar-refractivity contribution in [1.29, 1.82) is 0 Å². The molecule has 0 aliphatic rings. The second-order valence-electron chi connectivity index (χ2n) is 3.83. The van der Waals surface area contributed by atoms with Gasteiger partial charge in [-0.3, -0.25) is 0 Å². The van der Waals surface area contributed by atoms with Gasteiger partial charge in [-0.1, -0.05) is 6.07 Å². The Kier molecular flexibility index (Phi) is 2.95. The van der Waals surface area contributed by atoms with Crippen LogP contribution in [-0.2, 0) is 6.54 Å². The molecule has 2 rings (SSSR count). The average Bonchev–Trinajstić information content (AvgIpc) is 2.66. The number of aryl methyl sites for hydroxylation is 2. The van der Waals surface area contributed by atoms with E-state index in [1.165, 1.54) is 6.07 Å². The first-order valence-corrected chi connectivity index (χ1v) is 5.20. The van der Waals surface area contributed by atoms with Gasteiger partial charge in [0.2, 0.25) is 0 Å². The van der Waals surface area contributed by atoms with Crippen molar-refractivity contribution >= 4 is 5.69 Å². The van der Waals surface area contributed by atoms with Gasteiger partial charge < -0.3 is 9.73 Å². The lowest BCUT2D eigenvalue weighted by molar-refractivity contribution is 0.490. The molecule has 1 N–H and O–H groups in total. The number of anilines is 1. The van der Waals surface area contributed by atoms with E-state index in [1.807, 2.05) is 25.1 Å². The molecule has 2 nitrogen and oxygen atoms in total. The topological polar surface area (TPSA) is 25.2 Å². The molecule has 1 aromatic heterocycles. The van der Waals surface area contributed by atoms with Crippen LogP contribution < -0.4 is 5.32 Å². The third kappa shape index (κ3) is 2.42. The van der Waals surface area contributed by atoms with E-state index in [4.69, 9.17) is 4.42 Å². The summed E-state index contributed by atoms with van der Waals surface area (Å²) in [5, 5.41) is 3.11. The molecule has 0 bridgehead atoms. The minimum Gasteiger partial charge on any atom is -0.465 e. The lowest BCUT2D eigenvalue weighted by Crippen LogP contribution is -1.98. The summed E-state index contributed by atoms with van der Waals surface area (Å²) >= 11 is 0. The lowest BCUT2D eigenvalue weighted by atomic mass is 10.2. The highest BCUT2D eigenvalue weighted by Gasteiger charge is 2.01. The molecule has 0 amide bonds. The molecule has 0 saturated heterocycles. The molecule has 0 aliphatic carbocycles. The van der Waals surface area contributed by atoms with Crippen LogP contribution >= 0.6 is 0 Å². The molecule has 3 heteroatoms. The van der Waals surface area contributed by atoms with Crippen LogP contribution in [0.25, 0.3) is 0 Å². The van der Waals surface area contributed by atoms with Crippen LogP contribution in [0.4, 0.5) is 10.1 Å². The van der Waals surface area contributed by atoms with Gasteiger partial charge in [0.1, 0.15) is 17.3 Å². The van der Waals surface area contributed by atoms with Crippen molar-refractivity contribution < 1.29 is 8.81 Å². The molecule has 0 aliphatic heterocycles. The van der Waals surface area contributed by atoms with Gasteiger partial charge in [0.15, 0.2) is 0 Å². The molecular weight excluding hydrogens is 205 g/mol. The summed E-state index contributed by atoms with van der Waals surface area (Å²) in [6.07, 6.45) is 0. The Hall–Kier alpha value is -1.77. The Morgan fingerprint density at radius 3 is 2.62 bits per heavy atom. The Bertz CT molecular complexity index is 490. The normalized spacial score (nSPS) is 10.4. The molecule has 1 aromatic carbocycles. The van der Waals surface area contributed by atoms with E-state index in [1.54, 1.807) is 13.0 Å². The van der Waals surface area contributed by atoms with Gasteiger partial charge >= 0.3 is 0 Å². The first kappa shape index (κ1) is 10.7. The summed E-state index contributed by atoms with van der Waals surface area (Å²) in [6.45, 7) is 4.21. The van der Waals surface area contributed by atoms with Crippen molar-refractivity contribution in [3.8, 4) is 0 Å². The number of furan rings is 1. The minimum atomic E-state index is -0.194. The molecule has 1 heterocycles. The number of hydrogen-bond donors (Lipinski definition) is 1. The fourth-order valence-electron chi connectivity index (χ4n) is 1.47. The zero-order chi connectivity index (χ0) is 11.5. The van der Waals surface area contributed by atoms with Gasteiger partial charge in [-0.15, -0.1) is 0 Å². The molecule has 84 valence electrons. The molecule has 0 atom stereocenters. The van der Waals surface area contributed by atoms with Crippen molar-refractivity contribution in [1.82, 2.24) is 0 Å². The van der Waals surface area contributed by atoms with E-state index in [-0.39, 0.29) is 5.82 Å². The van der Waals surface area contributed by atoms with Gasteiger partial charge in [-0.05, 0) is 43.7 Å². The van der Waals surface area contributed by atoms with Crippen molar-refractivity contribution in [3.05, 3.63) is 53.2 Å². The Labute approximate surface area is 94.1 Å². The van der Waals surface area contributed by atoms with E-state index >= 15 is 0 Å². The van der Waals surface area contributed by atoms with E-state index in [0.717, 1.165) is 17.2 Å². The average molecular weight is 219 g/mol. The van der Waals surface area contributed by atoms with Crippen LogP contribution in [0.15, 0.2) is 34.7 Å². The van der Waals surface area contributed by atoms with Crippen molar-refractivity contribution in [2.75, 3.05) is 5.32 Å². The zero-order valence-corrected chi connectivity index (χ0v) is 9.38. The molecule has 2 aromatic rings. The molecule has 0 saturated carbocycles. The Morgan fingerprint density at radius 2 is 2.00 bits per heavy atom. The maximum absolute atomic E-state index is 13.2. The largest absolute Gasteiger partial charge is 0.465 e. The van der Waals surface area contributed by atoms with Gasteiger partial charge in [-0.2, -0.15) is 0 Å². The van der Waals surface area contributed by atoms with Crippen LogP contribution in [0.3, 0.4) is 0 Å². The van der Waals surface area contributed by atoms with Crippen LogP contribution in [0, 0.1) is 19.7 Å². The predicted molar refractivity (Wildman–Crippen MR) is 61.9 cm³/mol. The SMILES string of the molecule is Cc1ccc(CNc2ccc(C)c(F)c2)o1. The second-order valence-corrected chi connectivity index (χ2v) is 3.83. The summed E-state index contributed by atoms with van der Waals surface area (Å²) < 4.78 is 18.6. The fourth-order valence-corrected chi connectivity index (χ4v) is 1.47. The van der Waals surface area contributed by atoms with Crippen molar-refractivity contribution in [3.63, 3.8) is 0 Å². The maximum atomic E-state index is 13.2. The number of rotatable bonds is 3. The smallest absolute Gasteiger partial charge is 0.128 e. The Morgan fingerprint density at radius 1 is 1.19 bits per heavy atom. The second kappa shape index (κ2) is 4.39. The standard InChI is InChI=1S/C13H14FNO/c1-9-3-5-11(7-13(9)14)15-8-12-6-4-10(2)16-12/h3-7,15H,8H2,1-2H3. The fraction of sp³-hybridized carbons (Fsp3) is 0.231. The summed E-state index contributed by atoms with van der Waals surface area (Å²) in [4.78, 5) is 0. The van der Waals surface area contributed by atoms with Crippen LogP contribution in [0.2, 0.25) is 0 Å². The van der Waals surface area contributed by atoms with Crippen LogP contribution in [0.1, 0.15) is 17.1 Å². The summed E-state index contributed by atoms with van der Waals surface area (Å²) in [5.74, 6) is 1.53. The summed E-state index contributed by atoms with van der Waals surface area (Å²) in [7, 11) is 0. The zero-order valence-electron chi connectivity index (χ0n) is 9.38. The highest BCUT2D eigenvalue weighted by molar-refractivity contribution is 5.45. The number of benzene rings is 1. The number of hydrogen-bond acceptors (Lipinski definition) is 2. The van der Waals surface area contributed by atoms with Gasteiger partial charge in [-0.25, -0.2) is 4.39 Å². The maximum Gasteiger partial charge on any atom is 0.128 e. The van der Waals surface area contributed by atoms with E-state index < -0.39 is 0 Å². The number of halogens is 1. The van der Waals surface area contributed by atoms with Crippen LogP contribution in [0.5, 0.6) is 0 Å². The molecule has 0 fully saturated rings. The predicted octanol–water partition coefficient (Wildman–Crippen LogP) is 3.65. The van der Waals surface area contributed by atoms with Crippen LogP contribution in [-0.4, -0.2) is 0 Å². The molecular formula is C13H14FNO. The number of nitrogens with one attached hydrogen (secondary N) is 1. The Balaban J connectivity index is 2.02.